The second kappa shape index (κ2) is 10.6. The zero-order chi connectivity index (χ0) is 26.7. The van der Waals surface area contributed by atoms with Crippen LogP contribution in [0.3, 0.4) is 0 Å². The second-order valence-electron chi connectivity index (χ2n) is 11.6. The summed E-state index contributed by atoms with van der Waals surface area (Å²) in [6, 6.07) is 18.9. The molecule has 36 heavy (non-hydrogen) atoms. The average molecular weight is 510 g/mol. The molecule has 0 saturated carbocycles. The van der Waals surface area contributed by atoms with Gasteiger partial charge in [-0.2, -0.15) is 0 Å². The summed E-state index contributed by atoms with van der Waals surface area (Å²) < 4.78 is 0. The molecule has 0 radical (unpaired) electrons. The minimum atomic E-state index is -0.483. The normalized spacial score (nSPS) is 12.8. The summed E-state index contributed by atoms with van der Waals surface area (Å²) >= 11 is 6.32. The van der Waals surface area contributed by atoms with Gasteiger partial charge in [0.15, 0.2) is 0 Å². The fraction of sp³-hybridized carbons (Fsp3) is 0.379. The quantitative estimate of drug-likeness (QED) is 0.160. The molecule has 0 fully saturated rings. The van der Waals surface area contributed by atoms with Gasteiger partial charge in [0, 0.05) is 11.0 Å². The van der Waals surface area contributed by atoms with Crippen LogP contribution < -0.4 is 5.48 Å². The van der Waals surface area contributed by atoms with Crippen LogP contribution >= 0.6 is 11.6 Å². The molecule has 0 aliphatic heterocycles. The third-order valence-corrected chi connectivity index (χ3v) is 6.71. The fourth-order valence-corrected chi connectivity index (χ4v) is 4.97. The predicted octanol–water partition coefficient (Wildman–Crippen LogP) is 9.32. The molecule has 6 nitrogen and oxygen atoms in total. The Balaban J connectivity index is 2.19. The van der Waals surface area contributed by atoms with Crippen LogP contribution in [0, 0.1) is 5.41 Å². The number of hydrogen-bond donors (Lipinski definition) is 3. The highest BCUT2D eigenvalue weighted by Crippen LogP contribution is 2.47. The lowest BCUT2D eigenvalue weighted by Crippen LogP contribution is -2.26. The zero-order valence-electron chi connectivity index (χ0n) is 22.1. The molecule has 3 rings (SSSR count). The predicted molar refractivity (Wildman–Crippen MR) is 147 cm³/mol. The van der Waals surface area contributed by atoms with Crippen molar-refractivity contribution in [2.24, 2.45) is 15.6 Å². The molecule has 3 N–H and O–H groups in total. The number of rotatable bonds is 8. The van der Waals surface area contributed by atoms with E-state index in [0.29, 0.717) is 22.1 Å². The van der Waals surface area contributed by atoms with Crippen molar-refractivity contribution in [2.75, 3.05) is 5.48 Å². The number of phenolic OH excluding ortho intramolecular Hbond substituents is 1. The molecule has 0 aliphatic carbocycles. The molecule has 3 aromatic carbocycles. The average Bonchev–Trinajstić information content (AvgIpc) is 2.79. The van der Waals surface area contributed by atoms with E-state index in [4.69, 9.17) is 16.9 Å². The maximum Gasteiger partial charge on any atom is 0.147 e. The summed E-state index contributed by atoms with van der Waals surface area (Å²) in [5.74, 6) is 0.0759. The van der Waals surface area contributed by atoms with Gasteiger partial charge in [0.25, 0.3) is 0 Å². The van der Waals surface area contributed by atoms with Crippen molar-refractivity contribution >= 4 is 28.7 Å². The standard InChI is InChI=1S/C29H36ClN3O3/c1-27(2,3)18-28(4,5)20-15-22(29(6,7)19-11-9-8-10-12-19)26(34)25(16-20)32-31-24-17-21(33-36-35)13-14-23(24)30/h8-17,33-35H,18H2,1-7H3. The van der Waals surface area contributed by atoms with E-state index < -0.39 is 5.41 Å². The van der Waals surface area contributed by atoms with E-state index in [9.17, 15) is 5.11 Å². The Bertz CT molecular complexity index is 1230. The third kappa shape index (κ3) is 6.44. The van der Waals surface area contributed by atoms with E-state index in [-0.39, 0.29) is 16.6 Å². The number of aromatic hydroxyl groups is 1. The molecule has 0 amide bonds. The van der Waals surface area contributed by atoms with Gasteiger partial charge in [-0.3, -0.25) is 0 Å². The second-order valence-corrected chi connectivity index (χ2v) is 12.0. The smallest absolute Gasteiger partial charge is 0.147 e. The van der Waals surface area contributed by atoms with Crippen molar-refractivity contribution < 1.29 is 15.4 Å². The van der Waals surface area contributed by atoms with Crippen LogP contribution in [0.2, 0.25) is 5.02 Å². The molecule has 3 aromatic rings. The van der Waals surface area contributed by atoms with Crippen LogP contribution in [0.5, 0.6) is 5.75 Å². The number of halogens is 1. The molecule has 0 aliphatic rings. The first kappa shape index (κ1) is 27.7. The summed E-state index contributed by atoms with van der Waals surface area (Å²) in [7, 11) is 0. The molecule has 0 unspecified atom stereocenters. The van der Waals surface area contributed by atoms with Crippen molar-refractivity contribution in [1.29, 1.82) is 0 Å². The molecule has 0 atom stereocenters. The number of hydrogen-bond acceptors (Lipinski definition) is 6. The Hall–Kier alpha value is -2.93. The number of azo groups is 1. The first-order valence-electron chi connectivity index (χ1n) is 12.0. The van der Waals surface area contributed by atoms with Gasteiger partial charge in [0.1, 0.15) is 17.1 Å². The Morgan fingerprint density at radius 2 is 1.47 bits per heavy atom. The zero-order valence-corrected chi connectivity index (χ0v) is 22.8. The van der Waals surface area contributed by atoms with Gasteiger partial charge in [-0.15, -0.1) is 15.2 Å². The highest BCUT2D eigenvalue weighted by molar-refractivity contribution is 6.33. The first-order valence-corrected chi connectivity index (χ1v) is 12.3. The third-order valence-electron chi connectivity index (χ3n) is 6.39. The Labute approximate surface area is 218 Å². The van der Waals surface area contributed by atoms with E-state index in [1.54, 1.807) is 18.2 Å². The number of nitrogens with one attached hydrogen (secondary N) is 1. The van der Waals surface area contributed by atoms with Crippen LogP contribution in [0.15, 0.2) is 70.9 Å². The summed E-state index contributed by atoms with van der Waals surface area (Å²) in [4.78, 5) is 3.99. The molecular weight excluding hydrogens is 474 g/mol. The highest BCUT2D eigenvalue weighted by Gasteiger charge is 2.33. The number of nitrogens with zero attached hydrogens (tertiary/aromatic N) is 2. The highest BCUT2D eigenvalue weighted by atomic mass is 35.5. The lowest BCUT2D eigenvalue weighted by molar-refractivity contribution is -0.215. The lowest BCUT2D eigenvalue weighted by Gasteiger charge is -2.35. The van der Waals surface area contributed by atoms with Crippen molar-refractivity contribution in [3.63, 3.8) is 0 Å². The van der Waals surface area contributed by atoms with Crippen LogP contribution in [0.1, 0.15) is 71.6 Å². The Morgan fingerprint density at radius 3 is 2.08 bits per heavy atom. The summed E-state index contributed by atoms with van der Waals surface area (Å²) in [5.41, 5.74) is 5.87. The minimum Gasteiger partial charge on any atom is -0.505 e. The fourth-order valence-electron chi connectivity index (χ4n) is 4.81. The SMILES string of the molecule is CC(C)(C)CC(C)(C)c1cc(N=Nc2cc(NOO)ccc2Cl)c(O)c(C(C)(C)c2ccccc2)c1. The summed E-state index contributed by atoms with van der Waals surface area (Å²) in [5, 5.41) is 29.3. The molecule has 7 heteroatoms. The number of phenols is 1. The topological polar surface area (TPSA) is 86.4 Å². The maximum atomic E-state index is 11.4. The van der Waals surface area contributed by atoms with Crippen LogP contribution in [-0.4, -0.2) is 10.4 Å². The van der Waals surface area contributed by atoms with Crippen molar-refractivity contribution in [3.8, 4) is 5.75 Å². The van der Waals surface area contributed by atoms with E-state index in [2.05, 4.69) is 87.4 Å². The monoisotopic (exact) mass is 509 g/mol. The van der Waals surface area contributed by atoms with E-state index in [0.717, 1.165) is 23.1 Å². The first-order chi connectivity index (χ1) is 16.7. The van der Waals surface area contributed by atoms with E-state index in [1.807, 2.05) is 24.3 Å². The van der Waals surface area contributed by atoms with Gasteiger partial charge in [-0.05, 0) is 52.6 Å². The summed E-state index contributed by atoms with van der Waals surface area (Å²) in [6.07, 6.45) is 0.938. The molecule has 0 aromatic heterocycles. The van der Waals surface area contributed by atoms with E-state index in [1.165, 1.54) is 0 Å². The molecule has 0 heterocycles. The van der Waals surface area contributed by atoms with Gasteiger partial charge in [0.05, 0.1) is 10.7 Å². The van der Waals surface area contributed by atoms with Gasteiger partial charge in [0.2, 0.25) is 0 Å². The van der Waals surface area contributed by atoms with Gasteiger partial charge in [-0.25, -0.2) is 10.7 Å². The van der Waals surface area contributed by atoms with Crippen LogP contribution in [0.4, 0.5) is 17.1 Å². The van der Waals surface area contributed by atoms with Gasteiger partial charge in [-0.1, -0.05) is 96.5 Å². The molecule has 192 valence electrons. The largest absolute Gasteiger partial charge is 0.505 e. The Kier molecular flexibility index (Phi) is 8.13. The van der Waals surface area contributed by atoms with Crippen molar-refractivity contribution in [1.82, 2.24) is 0 Å². The summed E-state index contributed by atoms with van der Waals surface area (Å²) in [6.45, 7) is 15.3. The molecule has 0 bridgehead atoms. The number of benzene rings is 3. The Morgan fingerprint density at radius 1 is 0.833 bits per heavy atom. The maximum absolute atomic E-state index is 11.4. The van der Waals surface area contributed by atoms with Crippen molar-refractivity contribution in [3.05, 3.63) is 82.4 Å². The van der Waals surface area contributed by atoms with Crippen molar-refractivity contribution in [2.45, 2.75) is 65.7 Å². The van der Waals surface area contributed by atoms with Gasteiger partial charge < -0.3 is 5.11 Å². The van der Waals surface area contributed by atoms with Gasteiger partial charge >= 0.3 is 0 Å². The minimum absolute atomic E-state index is 0.0759. The van der Waals surface area contributed by atoms with E-state index >= 15 is 0 Å². The lowest BCUT2D eigenvalue weighted by atomic mass is 9.70. The molecule has 0 saturated heterocycles. The molecular formula is C29H36ClN3O3. The molecule has 0 spiro atoms. The van der Waals surface area contributed by atoms with Crippen LogP contribution in [-0.2, 0) is 15.8 Å². The van der Waals surface area contributed by atoms with Crippen LogP contribution in [0.25, 0.3) is 0 Å². The number of anilines is 1.